The molecule has 0 amide bonds. The molecule has 0 aromatic rings. The van der Waals surface area contributed by atoms with Crippen molar-refractivity contribution in [3.63, 3.8) is 0 Å². The van der Waals surface area contributed by atoms with Crippen molar-refractivity contribution in [3.05, 3.63) is 0 Å². The second-order valence-corrected chi connectivity index (χ2v) is 3.43. The molecule has 0 aromatic carbocycles. The topological polar surface area (TPSA) is 70.2 Å². The fraction of sp³-hybridized carbons (Fsp3) is 1.00. The standard InChI is InChI=1S/C11H26N2O5/c1-14-6-3-12-4-7-16-9-10-18-17-8-5-13-11-15-2/h12-13H,3-11H2,1-2H3. The highest BCUT2D eigenvalue weighted by atomic mass is 17.2. The first-order valence-electron chi connectivity index (χ1n) is 6.13. The summed E-state index contributed by atoms with van der Waals surface area (Å²) in [5.74, 6) is 0. The second kappa shape index (κ2) is 16.7. The van der Waals surface area contributed by atoms with Gasteiger partial charge in [-0.1, -0.05) is 0 Å². The van der Waals surface area contributed by atoms with Crippen LogP contribution in [0, 0.1) is 0 Å². The van der Waals surface area contributed by atoms with Gasteiger partial charge in [0.1, 0.15) is 6.61 Å². The average molecular weight is 266 g/mol. The normalized spacial score (nSPS) is 11.0. The number of rotatable bonds is 15. The first-order valence-corrected chi connectivity index (χ1v) is 6.13. The van der Waals surface area contributed by atoms with Crippen LogP contribution < -0.4 is 10.6 Å². The average Bonchev–Trinajstić information content (AvgIpc) is 2.39. The summed E-state index contributed by atoms with van der Waals surface area (Å²) in [7, 11) is 3.31. The van der Waals surface area contributed by atoms with E-state index in [1.807, 2.05) is 0 Å². The number of ether oxygens (including phenoxy) is 3. The molecule has 0 atom stereocenters. The zero-order valence-electron chi connectivity index (χ0n) is 11.4. The molecule has 2 N–H and O–H groups in total. The summed E-state index contributed by atoms with van der Waals surface area (Å²) in [4.78, 5) is 9.82. The van der Waals surface area contributed by atoms with Crippen molar-refractivity contribution >= 4 is 0 Å². The van der Waals surface area contributed by atoms with Gasteiger partial charge >= 0.3 is 0 Å². The number of methoxy groups -OCH3 is 2. The van der Waals surface area contributed by atoms with Gasteiger partial charge < -0.3 is 19.5 Å². The van der Waals surface area contributed by atoms with Crippen LogP contribution in [0.5, 0.6) is 0 Å². The van der Waals surface area contributed by atoms with Crippen molar-refractivity contribution < 1.29 is 24.0 Å². The molecule has 0 aromatic heterocycles. The minimum absolute atomic E-state index is 0.433. The van der Waals surface area contributed by atoms with Crippen molar-refractivity contribution in [1.29, 1.82) is 0 Å². The third-order valence-electron chi connectivity index (χ3n) is 1.91. The van der Waals surface area contributed by atoms with Gasteiger partial charge in [-0.05, 0) is 0 Å². The largest absolute Gasteiger partial charge is 0.383 e. The lowest BCUT2D eigenvalue weighted by molar-refractivity contribution is -0.297. The predicted molar refractivity (Wildman–Crippen MR) is 67.3 cm³/mol. The summed E-state index contributed by atoms with van der Waals surface area (Å²) in [6.07, 6.45) is 0. The molecule has 110 valence electrons. The van der Waals surface area contributed by atoms with E-state index in [1.54, 1.807) is 14.2 Å². The van der Waals surface area contributed by atoms with E-state index in [-0.39, 0.29) is 0 Å². The summed E-state index contributed by atoms with van der Waals surface area (Å²) < 4.78 is 15.0. The van der Waals surface area contributed by atoms with Crippen molar-refractivity contribution in [2.75, 3.05) is 73.6 Å². The van der Waals surface area contributed by atoms with Crippen LogP contribution in [0.3, 0.4) is 0 Å². The first kappa shape index (κ1) is 17.7. The van der Waals surface area contributed by atoms with E-state index < -0.39 is 0 Å². The molecule has 7 nitrogen and oxygen atoms in total. The smallest absolute Gasteiger partial charge is 0.106 e. The maximum absolute atomic E-state index is 5.32. The van der Waals surface area contributed by atoms with Gasteiger partial charge in [0.25, 0.3) is 0 Å². The van der Waals surface area contributed by atoms with Gasteiger partial charge in [0.15, 0.2) is 0 Å². The van der Waals surface area contributed by atoms with Crippen molar-refractivity contribution in [2.24, 2.45) is 0 Å². The molecule has 0 saturated heterocycles. The Labute approximate surface area is 109 Å². The SMILES string of the molecule is COCCNCCOCCOOCCNCOC. The van der Waals surface area contributed by atoms with Crippen LogP contribution in [-0.4, -0.2) is 73.6 Å². The lowest BCUT2D eigenvalue weighted by atomic mass is 10.6. The molecule has 18 heavy (non-hydrogen) atoms. The van der Waals surface area contributed by atoms with Crippen LogP contribution in [0.2, 0.25) is 0 Å². The Hall–Kier alpha value is -0.280. The summed E-state index contributed by atoms with van der Waals surface area (Å²) in [6, 6.07) is 0. The summed E-state index contributed by atoms with van der Waals surface area (Å²) in [5, 5.41) is 6.17. The van der Waals surface area contributed by atoms with Gasteiger partial charge in [-0.2, -0.15) is 0 Å². The molecule has 0 radical (unpaired) electrons. The lowest BCUT2D eigenvalue weighted by Gasteiger charge is -2.07. The zero-order chi connectivity index (χ0) is 13.3. The van der Waals surface area contributed by atoms with E-state index in [4.69, 9.17) is 24.0 Å². The van der Waals surface area contributed by atoms with E-state index >= 15 is 0 Å². The minimum atomic E-state index is 0.433. The highest BCUT2D eigenvalue weighted by Crippen LogP contribution is 1.80. The van der Waals surface area contributed by atoms with Crippen LogP contribution in [-0.2, 0) is 24.0 Å². The lowest BCUT2D eigenvalue weighted by Crippen LogP contribution is -2.24. The summed E-state index contributed by atoms with van der Waals surface area (Å²) in [5.41, 5.74) is 0. The molecule has 7 heteroatoms. The number of hydrogen-bond donors (Lipinski definition) is 2. The number of nitrogens with one attached hydrogen (secondary N) is 2. The van der Waals surface area contributed by atoms with Crippen molar-refractivity contribution in [3.8, 4) is 0 Å². The molecule has 0 heterocycles. The third-order valence-corrected chi connectivity index (χ3v) is 1.91. The Bertz CT molecular complexity index is 135. The fourth-order valence-corrected chi connectivity index (χ4v) is 1.04. The van der Waals surface area contributed by atoms with E-state index in [0.717, 1.165) is 13.1 Å². The molecule has 0 aliphatic heterocycles. The highest BCUT2D eigenvalue weighted by Gasteiger charge is 1.92. The van der Waals surface area contributed by atoms with Crippen molar-refractivity contribution in [1.82, 2.24) is 10.6 Å². The van der Waals surface area contributed by atoms with Gasteiger partial charge in [-0.3, -0.25) is 5.32 Å². The van der Waals surface area contributed by atoms with Crippen LogP contribution in [0.4, 0.5) is 0 Å². The third kappa shape index (κ3) is 15.7. The molecule has 0 aliphatic carbocycles. The van der Waals surface area contributed by atoms with Crippen LogP contribution in [0.1, 0.15) is 0 Å². The molecule has 0 saturated carbocycles. The Balaban J connectivity index is 2.86. The van der Waals surface area contributed by atoms with E-state index in [0.29, 0.717) is 46.3 Å². The second-order valence-electron chi connectivity index (χ2n) is 3.43. The van der Waals surface area contributed by atoms with Gasteiger partial charge in [0.05, 0.1) is 33.2 Å². The summed E-state index contributed by atoms with van der Waals surface area (Å²) in [6.45, 7) is 5.68. The van der Waals surface area contributed by atoms with Gasteiger partial charge in [0, 0.05) is 33.9 Å². The maximum Gasteiger partial charge on any atom is 0.106 e. The predicted octanol–water partition coefficient (Wildman–Crippen LogP) is -0.619. The molecule has 0 aliphatic rings. The van der Waals surface area contributed by atoms with E-state index in [9.17, 15) is 0 Å². The van der Waals surface area contributed by atoms with Crippen LogP contribution in [0.25, 0.3) is 0 Å². The van der Waals surface area contributed by atoms with Gasteiger partial charge in [-0.15, -0.1) is 0 Å². The van der Waals surface area contributed by atoms with Gasteiger partial charge in [0.2, 0.25) is 0 Å². The monoisotopic (exact) mass is 266 g/mol. The molecule has 0 bridgehead atoms. The van der Waals surface area contributed by atoms with Crippen molar-refractivity contribution in [2.45, 2.75) is 0 Å². The van der Waals surface area contributed by atoms with Crippen LogP contribution >= 0.6 is 0 Å². The summed E-state index contributed by atoms with van der Waals surface area (Å²) >= 11 is 0. The highest BCUT2D eigenvalue weighted by molar-refractivity contribution is 4.43. The molecule has 0 rings (SSSR count). The van der Waals surface area contributed by atoms with Crippen LogP contribution in [0.15, 0.2) is 0 Å². The Morgan fingerprint density at radius 1 is 0.667 bits per heavy atom. The number of hydrogen-bond acceptors (Lipinski definition) is 7. The molecular formula is C11H26N2O5. The fourth-order valence-electron chi connectivity index (χ4n) is 1.04. The Morgan fingerprint density at radius 3 is 2.17 bits per heavy atom. The minimum Gasteiger partial charge on any atom is -0.383 e. The Kier molecular flexibility index (Phi) is 16.5. The molecule has 0 spiro atoms. The van der Waals surface area contributed by atoms with E-state index in [2.05, 4.69) is 10.6 Å². The molecule has 0 unspecified atom stereocenters. The zero-order valence-corrected chi connectivity index (χ0v) is 11.4. The molecule has 0 fully saturated rings. The first-order chi connectivity index (χ1) is 8.91. The molecular weight excluding hydrogens is 240 g/mol. The quantitative estimate of drug-likeness (QED) is 0.177. The van der Waals surface area contributed by atoms with E-state index in [1.165, 1.54) is 0 Å². The maximum atomic E-state index is 5.32. The Morgan fingerprint density at radius 2 is 1.39 bits per heavy atom. The van der Waals surface area contributed by atoms with Gasteiger partial charge in [-0.25, -0.2) is 9.78 Å².